The van der Waals surface area contributed by atoms with Gasteiger partial charge in [0.1, 0.15) is 5.82 Å². The van der Waals surface area contributed by atoms with Crippen LogP contribution in [0.1, 0.15) is 31.2 Å². The van der Waals surface area contributed by atoms with E-state index < -0.39 is 0 Å². The molecule has 0 spiro atoms. The number of carbonyl (C=O) groups excluding carboxylic acids is 2. The molecule has 1 heterocycles. The molecule has 2 N–H and O–H groups in total. The molecule has 0 aliphatic rings. The Labute approximate surface area is 180 Å². The maximum atomic E-state index is 12.3. The van der Waals surface area contributed by atoms with Crippen molar-refractivity contribution in [2.24, 2.45) is 7.05 Å². The summed E-state index contributed by atoms with van der Waals surface area (Å²) in [6, 6.07) is 17.1. The van der Waals surface area contributed by atoms with E-state index in [1.165, 1.54) is 17.3 Å². The normalized spacial score (nSPS) is 10.8. The van der Waals surface area contributed by atoms with Crippen LogP contribution in [0.15, 0.2) is 59.8 Å². The van der Waals surface area contributed by atoms with Crippen LogP contribution in [0.3, 0.4) is 0 Å². The van der Waals surface area contributed by atoms with E-state index in [-0.39, 0.29) is 24.0 Å². The highest BCUT2D eigenvalue weighted by molar-refractivity contribution is 7.99. The zero-order valence-electron chi connectivity index (χ0n) is 17.3. The van der Waals surface area contributed by atoms with Gasteiger partial charge >= 0.3 is 0 Å². The summed E-state index contributed by atoms with van der Waals surface area (Å²) in [5.74, 6) is 0.897. The third-order valence-electron chi connectivity index (χ3n) is 4.49. The van der Waals surface area contributed by atoms with Crippen LogP contribution < -0.4 is 10.6 Å². The minimum absolute atomic E-state index is 0.105. The average molecular weight is 424 g/mol. The molecule has 30 heavy (non-hydrogen) atoms. The quantitative estimate of drug-likeness (QED) is 0.537. The second kappa shape index (κ2) is 10.1. The number of rotatable bonds is 8. The van der Waals surface area contributed by atoms with Gasteiger partial charge in [-0.25, -0.2) is 0 Å². The number of benzene rings is 2. The van der Waals surface area contributed by atoms with Crippen molar-refractivity contribution >= 4 is 35.0 Å². The summed E-state index contributed by atoms with van der Waals surface area (Å²) in [5, 5.41) is 14.5. The van der Waals surface area contributed by atoms with E-state index in [4.69, 9.17) is 0 Å². The van der Waals surface area contributed by atoms with Crippen molar-refractivity contribution in [3.63, 3.8) is 0 Å². The summed E-state index contributed by atoms with van der Waals surface area (Å²) < 4.78 is 1.74. The van der Waals surface area contributed by atoms with E-state index in [0.717, 1.165) is 11.4 Å². The highest BCUT2D eigenvalue weighted by atomic mass is 32.2. The summed E-state index contributed by atoms with van der Waals surface area (Å²) in [5.41, 5.74) is 2.73. The SMILES string of the molecule is CC(C)c1ccc(NC(=O)CSc2nnc(CC(=O)Nc3ccccc3)n2C)cc1. The van der Waals surface area contributed by atoms with Crippen molar-refractivity contribution in [1.82, 2.24) is 14.8 Å². The van der Waals surface area contributed by atoms with E-state index in [9.17, 15) is 9.59 Å². The van der Waals surface area contributed by atoms with Crippen molar-refractivity contribution < 1.29 is 9.59 Å². The third-order valence-corrected chi connectivity index (χ3v) is 5.52. The highest BCUT2D eigenvalue weighted by Gasteiger charge is 2.14. The first-order chi connectivity index (χ1) is 14.4. The lowest BCUT2D eigenvalue weighted by Gasteiger charge is -2.08. The Bertz CT molecular complexity index is 1000. The number of anilines is 2. The third kappa shape index (κ3) is 5.93. The van der Waals surface area contributed by atoms with Gasteiger partial charge in [-0.05, 0) is 35.7 Å². The van der Waals surface area contributed by atoms with Crippen LogP contribution in [-0.4, -0.2) is 32.3 Å². The number of para-hydroxylation sites is 1. The van der Waals surface area contributed by atoms with Crippen LogP contribution in [0, 0.1) is 0 Å². The Morgan fingerprint density at radius 3 is 2.23 bits per heavy atom. The lowest BCUT2D eigenvalue weighted by Crippen LogP contribution is -2.17. The van der Waals surface area contributed by atoms with E-state index in [1.807, 2.05) is 54.6 Å². The fourth-order valence-corrected chi connectivity index (χ4v) is 3.50. The molecule has 0 aliphatic carbocycles. The minimum Gasteiger partial charge on any atom is -0.326 e. The molecular formula is C22H25N5O2S. The largest absolute Gasteiger partial charge is 0.326 e. The lowest BCUT2D eigenvalue weighted by molar-refractivity contribution is -0.116. The summed E-state index contributed by atoms with van der Waals surface area (Å²) >= 11 is 1.28. The van der Waals surface area contributed by atoms with Gasteiger partial charge in [-0.3, -0.25) is 9.59 Å². The van der Waals surface area contributed by atoms with Crippen molar-refractivity contribution in [3.05, 3.63) is 66.0 Å². The maximum absolute atomic E-state index is 12.3. The van der Waals surface area contributed by atoms with Gasteiger partial charge in [-0.1, -0.05) is 55.9 Å². The molecule has 0 saturated heterocycles. The number of hydrogen-bond donors (Lipinski definition) is 2. The van der Waals surface area contributed by atoms with E-state index >= 15 is 0 Å². The number of thioether (sulfide) groups is 1. The Hall–Kier alpha value is -3.13. The van der Waals surface area contributed by atoms with Crippen LogP contribution in [0.5, 0.6) is 0 Å². The van der Waals surface area contributed by atoms with Gasteiger partial charge in [0.05, 0.1) is 12.2 Å². The topological polar surface area (TPSA) is 88.9 Å². The minimum atomic E-state index is -0.171. The van der Waals surface area contributed by atoms with Crippen LogP contribution in [0.4, 0.5) is 11.4 Å². The molecule has 0 unspecified atom stereocenters. The summed E-state index contributed by atoms with van der Waals surface area (Å²) in [7, 11) is 1.79. The highest BCUT2D eigenvalue weighted by Crippen LogP contribution is 2.19. The van der Waals surface area contributed by atoms with Gasteiger partial charge < -0.3 is 15.2 Å². The molecule has 1 aromatic heterocycles. The maximum Gasteiger partial charge on any atom is 0.234 e. The lowest BCUT2D eigenvalue weighted by atomic mass is 10.0. The van der Waals surface area contributed by atoms with Gasteiger partial charge in [-0.15, -0.1) is 10.2 Å². The monoisotopic (exact) mass is 423 g/mol. The molecule has 0 atom stereocenters. The number of nitrogens with one attached hydrogen (secondary N) is 2. The Balaban J connectivity index is 1.50. The molecule has 3 rings (SSSR count). The number of nitrogens with zero attached hydrogens (tertiary/aromatic N) is 3. The second-order valence-electron chi connectivity index (χ2n) is 7.16. The number of carbonyl (C=O) groups is 2. The first kappa shape index (κ1) is 21.6. The smallest absolute Gasteiger partial charge is 0.234 e. The van der Waals surface area contributed by atoms with Crippen LogP contribution >= 0.6 is 11.8 Å². The Morgan fingerprint density at radius 1 is 0.933 bits per heavy atom. The van der Waals surface area contributed by atoms with Crippen molar-refractivity contribution in [1.29, 1.82) is 0 Å². The molecule has 0 bridgehead atoms. The average Bonchev–Trinajstić information content (AvgIpc) is 3.07. The molecule has 7 nitrogen and oxygen atoms in total. The molecule has 0 saturated carbocycles. The molecule has 2 aromatic carbocycles. The van der Waals surface area contributed by atoms with Gasteiger partial charge in [0.25, 0.3) is 0 Å². The van der Waals surface area contributed by atoms with Gasteiger partial charge in [0.2, 0.25) is 11.8 Å². The van der Waals surface area contributed by atoms with E-state index in [2.05, 4.69) is 34.7 Å². The zero-order valence-corrected chi connectivity index (χ0v) is 18.1. The molecular weight excluding hydrogens is 398 g/mol. The second-order valence-corrected chi connectivity index (χ2v) is 8.10. The summed E-state index contributed by atoms with van der Waals surface area (Å²) in [6.45, 7) is 4.26. The summed E-state index contributed by atoms with van der Waals surface area (Å²) in [4.78, 5) is 24.5. The predicted molar refractivity (Wildman–Crippen MR) is 120 cm³/mol. The van der Waals surface area contributed by atoms with E-state index in [0.29, 0.717) is 16.9 Å². The van der Waals surface area contributed by atoms with Gasteiger partial charge in [0.15, 0.2) is 5.16 Å². The molecule has 3 aromatic rings. The molecule has 8 heteroatoms. The molecule has 2 amide bonds. The Morgan fingerprint density at radius 2 is 1.57 bits per heavy atom. The van der Waals surface area contributed by atoms with Crippen molar-refractivity contribution in [2.75, 3.05) is 16.4 Å². The molecule has 0 aliphatic heterocycles. The number of hydrogen-bond acceptors (Lipinski definition) is 5. The van der Waals surface area contributed by atoms with Crippen LogP contribution in [0.2, 0.25) is 0 Å². The van der Waals surface area contributed by atoms with Gasteiger partial charge in [0, 0.05) is 18.4 Å². The van der Waals surface area contributed by atoms with Crippen LogP contribution in [0.25, 0.3) is 0 Å². The summed E-state index contributed by atoms with van der Waals surface area (Å²) in [6.07, 6.45) is 0.105. The molecule has 0 radical (unpaired) electrons. The van der Waals surface area contributed by atoms with Crippen LogP contribution in [-0.2, 0) is 23.1 Å². The Kier molecular flexibility index (Phi) is 7.24. The predicted octanol–water partition coefficient (Wildman–Crippen LogP) is 3.85. The fraction of sp³-hybridized carbons (Fsp3) is 0.273. The first-order valence-corrected chi connectivity index (χ1v) is 10.7. The number of aromatic nitrogens is 3. The van der Waals surface area contributed by atoms with Gasteiger partial charge in [-0.2, -0.15) is 0 Å². The van der Waals surface area contributed by atoms with Crippen molar-refractivity contribution in [2.45, 2.75) is 31.3 Å². The molecule has 156 valence electrons. The fourth-order valence-electron chi connectivity index (χ4n) is 2.77. The molecule has 0 fully saturated rings. The first-order valence-electron chi connectivity index (χ1n) is 9.68. The zero-order chi connectivity index (χ0) is 21.5. The van der Waals surface area contributed by atoms with Crippen molar-refractivity contribution in [3.8, 4) is 0 Å². The standard InChI is InChI=1S/C22H25N5O2S/c1-15(2)16-9-11-18(12-10-16)24-21(29)14-30-22-26-25-19(27(22)3)13-20(28)23-17-7-5-4-6-8-17/h4-12,15H,13-14H2,1-3H3,(H,23,28)(H,24,29). The number of amides is 2. The van der Waals surface area contributed by atoms with E-state index in [1.54, 1.807) is 11.6 Å².